The number of thiophene rings is 1. The maximum atomic E-state index is 12.4. The first-order valence-electron chi connectivity index (χ1n) is 9.05. The van der Waals surface area contributed by atoms with Gasteiger partial charge in [-0.15, -0.1) is 11.3 Å². The standard InChI is InChI=1S/C20H23N3O3S/c1-3-26-19(24)17-15-10-9-13(2)11-16(15)27-18(17)22-20(25)23-21-12-14-7-5-4-6-8-14/h4-8,12-13H,3,9-11H2,1-2H3,(H2,22,23,25)/b21-12+. The van der Waals surface area contributed by atoms with Gasteiger partial charge in [0.15, 0.2) is 0 Å². The molecule has 1 aliphatic carbocycles. The predicted octanol–water partition coefficient (Wildman–Crippen LogP) is 4.21. The Labute approximate surface area is 162 Å². The first-order chi connectivity index (χ1) is 13.1. The van der Waals surface area contributed by atoms with Crippen molar-refractivity contribution in [3.63, 3.8) is 0 Å². The van der Waals surface area contributed by atoms with E-state index >= 15 is 0 Å². The molecular weight excluding hydrogens is 362 g/mol. The van der Waals surface area contributed by atoms with Crippen LogP contribution >= 0.6 is 11.3 Å². The van der Waals surface area contributed by atoms with E-state index in [9.17, 15) is 9.59 Å². The molecule has 3 rings (SSSR count). The van der Waals surface area contributed by atoms with Crippen molar-refractivity contribution in [2.75, 3.05) is 11.9 Å². The van der Waals surface area contributed by atoms with Crippen molar-refractivity contribution in [2.24, 2.45) is 11.0 Å². The third-order valence-corrected chi connectivity index (χ3v) is 5.57. The zero-order valence-electron chi connectivity index (χ0n) is 15.5. The number of urea groups is 1. The Kier molecular flexibility index (Phi) is 6.24. The molecule has 1 unspecified atom stereocenters. The second-order valence-corrected chi connectivity index (χ2v) is 7.62. The quantitative estimate of drug-likeness (QED) is 0.460. The molecule has 1 aromatic carbocycles. The smallest absolute Gasteiger partial charge is 0.341 e. The maximum absolute atomic E-state index is 12.4. The molecule has 0 bridgehead atoms. The number of carbonyl (C=O) groups excluding carboxylic acids is 2. The molecule has 0 aliphatic heterocycles. The van der Waals surface area contributed by atoms with E-state index in [0.717, 1.165) is 35.3 Å². The van der Waals surface area contributed by atoms with Crippen molar-refractivity contribution in [3.8, 4) is 0 Å². The van der Waals surface area contributed by atoms with Crippen molar-refractivity contribution in [3.05, 3.63) is 51.9 Å². The van der Waals surface area contributed by atoms with Gasteiger partial charge in [0.25, 0.3) is 0 Å². The number of anilines is 1. The number of hydrazone groups is 1. The summed E-state index contributed by atoms with van der Waals surface area (Å²) in [5, 5.41) is 7.23. The summed E-state index contributed by atoms with van der Waals surface area (Å²) in [5.41, 5.74) is 4.83. The van der Waals surface area contributed by atoms with Gasteiger partial charge in [0.1, 0.15) is 5.00 Å². The van der Waals surface area contributed by atoms with Gasteiger partial charge < -0.3 is 4.74 Å². The number of carbonyl (C=O) groups is 2. The molecule has 2 amide bonds. The van der Waals surface area contributed by atoms with Crippen molar-refractivity contribution in [1.82, 2.24) is 5.43 Å². The molecule has 0 spiro atoms. The Morgan fingerprint density at radius 3 is 2.85 bits per heavy atom. The van der Waals surface area contributed by atoms with Gasteiger partial charge >= 0.3 is 12.0 Å². The van der Waals surface area contributed by atoms with Gasteiger partial charge in [-0.25, -0.2) is 15.0 Å². The van der Waals surface area contributed by atoms with Crippen LogP contribution in [0, 0.1) is 5.92 Å². The number of esters is 1. The molecule has 1 heterocycles. The van der Waals surface area contributed by atoms with Gasteiger partial charge in [-0.2, -0.15) is 5.10 Å². The molecule has 1 aromatic heterocycles. The average Bonchev–Trinajstić information content (AvgIpc) is 2.99. The number of amides is 2. The van der Waals surface area contributed by atoms with Crippen LogP contribution in [0.3, 0.4) is 0 Å². The highest BCUT2D eigenvalue weighted by molar-refractivity contribution is 7.17. The minimum Gasteiger partial charge on any atom is -0.462 e. The number of ether oxygens (including phenoxy) is 1. The molecule has 1 atom stereocenters. The summed E-state index contributed by atoms with van der Waals surface area (Å²) in [6, 6.07) is 8.98. The van der Waals surface area contributed by atoms with Crippen molar-refractivity contribution < 1.29 is 14.3 Å². The third-order valence-electron chi connectivity index (χ3n) is 4.40. The highest BCUT2D eigenvalue weighted by Gasteiger charge is 2.29. The van der Waals surface area contributed by atoms with E-state index in [1.54, 1.807) is 13.1 Å². The Bertz CT molecular complexity index is 846. The number of hydrogen-bond donors (Lipinski definition) is 2. The largest absolute Gasteiger partial charge is 0.462 e. The van der Waals surface area contributed by atoms with E-state index in [1.165, 1.54) is 11.3 Å². The third kappa shape index (κ3) is 4.74. The normalized spacial score (nSPS) is 16.0. The summed E-state index contributed by atoms with van der Waals surface area (Å²) in [4.78, 5) is 25.8. The van der Waals surface area contributed by atoms with Gasteiger partial charge in [0.05, 0.1) is 18.4 Å². The second-order valence-electron chi connectivity index (χ2n) is 6.51. The van der Waals surface area contributed by atoms with Crippen molar-refractivity contribution in [1.29, 1.82) is 0 Å². The van der Waals surface area contributed by atoms with E-state index in [0.29, 0.717) is 23.1 Å². The molecule has 6 nitrogen and oxygen atoms in total. The predicted molar refractivity (Wildman–Crippen MR) is 108 cm³/mol. The minimum atomic E-state index is -0.487. The zero-order valence-corrected chi connectivity index (χ0v) is 16.3. The first kappa shape index (κ1) is 19.1. The summed E-state index contributed by atoms with van der Waals surface area (Å²) in [6.45, 7) is 4.27. The molecule has 0 fully saturated rings. The Morgan fingerprint density at radius 2 is 2.11 bits per heavy atom. The lowest BCUT2D eigenvalue weighted by Gasteiger charge is -2.18. The summed E-state index contributed by atoms with van der Waals surface area (Å²) >= 11 is 1.45. The van der Waals surface area contributed by atoms with Crippen LogP contribution in [-0.4, -0.2) is 24.8 Å². The topological polar surface area (TPSA) is 79.8 Å². The van der Waals surface area contributed by atoms with E-state index in [-0.39, 0.29) is 5.97 Å². The van der Waals surface area contributed by atoms with Gasteiger partial charge in [0, 0.05) is 4.88 Å². The van der Waals surface area contributed by atoms with Gasteiger partial charge in [-0.1, -0.05) is 37.3 Å². The van der Waals surface area contributed by atoms with Gasteiger partial charge in [-0.3, -0.25) is 5.32 Å². The second kappa shape index (κ2) is 8.81. The molecular formula is C20H23N3O3S. The Morgan fingerprint density at radius 1 is 1.33 bits per heavy atom. The molecule has 0 saturated carbocycles. The zero-order chi connectivity index (χ0) is 19.2. The SMILES string of the molecule is CCOC(=O)c1c(NC(=O)N/N=C/c2ccccc2)sc2c1CCC(C)C2. The molecule has 1 aliphatic rings. The molecule has 2 aromatic rings. The highest BCUT2D eigenvalue weighted by Crippen LogP contribution is 2.40. The maximum Gasteiger partial charge on any atom is 0.341 e. The highest BCUT2D eigenvalue weighted by atomic mass is 32.1. The van der Waals surface area contributed by atoms with Crippen LogP contribution in [0.1, 0.15) is 46.6 Å². The van der Waals surface area contributed by atoms with Crippen LogP contribution in [0.2, 0.25) is 0 Å². The fourth-order valence-corrected chi connectivity index (χ4v) is 4.49. The number of benzene rings is 1. The Hall–Kier alpha value is -2.67. The lowest BCUT2D eigenvalue weighted by atomic mass is 9.88. The molecule has 0 radical (unpaired) electrons. The Balaban J connectivity index is 1.74. The summed E-state index contributed by atoms with van der Waals surface area (Å²) in [7, 11) is 0. The number of nitrogens with one attached hydrogen (secondary N) is 2. The van der Waals surface area contributed by atoms with Crippen molar-refractivity contribution in [2.45, 2.75) is 33.1 Å². The van der Waals surface area contributed by atoms with E-state index in [4.69, 9.17) is 4.74 Å². The van der Waals surface area contributed by atoms with E-state index in [2.05, 4.69) is 22.8 Å². The minimum absolute atomic E-state index is 0.298. The van der Waals surface area contributed by atoms with Gasteiger partial charge in [0.2, 0.25) is 0 Å². The fraction of sp³-hybridized carbons (Fsp3) is 0.350. The van der Waals surface area contributed by atoms with E-state index < -0.39 is 6.03 Å². The van der Waals surface area contributed by atoms with Crippen LogP contribution in [0.25, 0.3) is 0 Å². The van der Waals surface area contributed by atoms with Crippen LogP contribution in [0.5, 0.6) is 0 Å². The number of rotatable bonds is 5. The van der Waals surface area contributed by atoms with Gasteiger partial charge in [-0.05, 0) is 43.2 Å². The first-order valence-corrected chi connectivity index (χ1v) is 9.87. The summed E-state index contributed by atoms with van der Waals surface area (Å²) < 4.78 is 5.21. The average molecular weight is 385 g/mol. The molecule has 7 heteroatoms. The van der Waals surface area contributed by atoms with Crippen LogP contribution < -0.4 is 10.7 Å². The monoisotopic (exact) mass is 385 g/mol. The molecule has 142 valence electrons. The summed E-state index contributed by atoms with van der Waals surface area (Å²) in [6.07, 6.45) is 4.34. The molecule has 0 saturated heterocycles. The lowest BCUT2D eigenvalue weighted by molar-refractivity contribution is 0.0526. The van der Waals surface area contributed by atoms with Crippen LogP contribution in [0.15, 0.2) is 35.4 Å². The number of nitrogens with zero attached hydrogens (tertiary/aromatic N) is 1. The fourth-order valence-electron chi connectivity index (χ4n) is 3.09. The van der Waals surface area contributed by atoms with Crippen LogP contribution in [0.4, 0.5) is 9.80 Å². The number of fused-ring (bicyclic) bond motifs is 1. The molecule has 2 N–H and O–H groups in total. The molecule has 27 heavy (non-hydrogen) atoms. The lowest BCUT2D eigenvalue weighted by Crippen LogP contribution is -2.25. The van der Waals surface area contributed by atoms with Crippen molar-refractivity contribution >= 4 is 34.6 Å². The number of hydrogen-bond acceptors (Lipinski definition) is 5. The van der Waals surface area contributed by atoms with E-state index in [1.807, 2.05) is 30.3 Å². The van der Waals surface area contributed by atoms with Crippen LogP contribution in [-0.2, 0) is 17.6 Å². The summed E-state index contributed by atoms with van der Waals surface area (Å²) in [5.74, 6) is 0.191.